The molecular formula is C21H27N2O2+. The van der Waals surface area contributed by atoms with Crippen molar-refractivity contribution >= 4 is 12.0 Å². The number of hydrogen-bond donors (Lipinski definition) is 2. The van der Waals surface area contributed by atoms with Crippen LogP contribution < -0.4 is 15.0 Å². The third-order valence-electron chi connectivity index (χ3n) is 3.93. The van der Waals surface area contributed by atoms with Crippen molar-refractivity contribution in [2.45, 2.75) is 13.0 Å². The van der Waals surface area contributed by atoms with Gasteiger partial charge >= 0.3 is 0 Å². The Morgan fingerprint density at radius 2 is 1.92 bits per heavy atom. The zero-order chi connectivity index (χ0) is 18.2. The fraction of sp³-hybridized carbons (Fsp3) is 0.286. The minimum absolute atomic E-state index is 0.0252. The van der Waals surface area contributed by atoms with E-state index < -0.39 is 0 Å². The fourth-order valence-corrected chi connectivity index (χ4v) is 2.72. The van der Waals surface area contributed by atoms with E-state index in [1.54, 1.807) is 19.3 Å². The number of carbonyl (C=O) groups is 1. The van der Waals surface area contributed by atoms with Crippen molar-refractivity contribution < 1.29 is 14.4 Å². The Kier molecular flexibility index (Phi) is 6.78. The predicted molar refractivity (Wildman–Crippen MR) is 102 cm³/mol. The van der Waals surface area contributed by atoms with Crippen LogP contribution in [-0.4, -0.2) is 33.7 Å². The summed E-state index contributed by atoms with van der Waals surface area (Å²) < 4.78 is 5.35. The third-order valence-corrected chi connectivity index (χ3v) is 3.93. The second-order valence-electron chi connectivity index (χ2n) is 6.46. The summed E-state index contributed by atoms with van der Waals surface area (Å²) in [5.41, 5.74) is 3.13. The van der Waals surface area contributed by atoms with Crippen LogP contribution in [0.3, 0.4) is 0 Å². The zero-order valence-electron chi connectivity index (χ0n) is 15.4. The van der Waals surface area contributed by atoms with E-state index in [4.69, 9.17) is 4.74 Å². The van der Waals surface area contributed by atoms with Gasteiger partial charge in [0.1, 0.15) is 18.3 Å². The highest BCUT2D eigenvalue weighted by Gasteiger charge is 2.16. The minimum atomic E-state index is -0.112. The summed E-state index contributed by atoms with van der Waals surface area (Å²) in [5.74, 6) is 0.644. The van der Waals surface area contributed by atoms with Crippen LogP contribution in [0.15, 0.2) is 54.6 Å². The molecule has 4 nitrogen and oxygen atoms in total. The lowest BCUT2D eigenvalue weighted by Crippen LogP contribution is -3.06. The van der Waals surface area contributed by atoms with Gasteiger partial charge in [0.15, 0.2) is 0 Å². The summed E-state index contributed by atoms with van der Waals surface area (Å²) in [6.07, 6.45) is 3.37. The average molecular weight is 339 g/mol. The van der Waals surface area contributed by atoms with Gasteiger partial charge in [0.05, 0.1) is 21.2 Å². The number of amides is 1. The Bertz CT molecular complexity index is 724. The molecule has 0 aliphatic rings. The first-order valence-corrected chi connectivity index (χ1v) is 8.47. The number of quaternary nitrogens is 1. The number of methoxy groups -OCH3 is 1. The molecular weight excluding hydrogens is 312 g/mol. The largest absolute Gasteiger partial charge is 0.496 e. The van der Waals surface area contributed by atoms with E-state index in [-0.39, 0.29) is 11.9 Å². The summed E-state index contributed by atoms with van der Waals surface area (Å²) in [4.78, 5) is 13.7. The van der Waals surface area contributed by atoms with Crippen LogP contribution in [0, 0.1) is 6.92 Å². The maximum Gasteiger partial charge on any atom is 0.244 e. The van der Waals surface area contributed by atoms with Crippen LogP contribution in [0.4, 0.5) is 0 Å². The van der Waals surface area contributed by atoms with E-state index in [0.717, 1.165) is 29.0 Å². The number of carbonyl (C=O) groups excluding carboxylic acids is 1. The Morgan fingerprint density at radius 3 is 2.56 bits per heavy atom. The van der Waals surface area contributed by atoms with Gasteiger partial charge < -0.3 is 15.0 Å². The lowest BCUT2D eigenvalue weighted by atomic mass is 10.1. The van der Waals surface area contributed by atoms with Gasteiger partial charge in [-0.2, -0.15) is 0 Å². The highest BCUT2D eigenvalue weighted by Crippen LogP contribution is 2.21. The topological polar surface area (TPSA) is 42.8 Å². The van der Waals surface area contributed by atoms with Crippen molar-refractivity contribution in [1.29, 1.82) is 0 Å². The number of hydrogen-bond acceptors (Lipinski definition) is 2. The summed E-state index contributed by atoms with van der Waals surface area (Å²) in [6.45, 7) is 2.83. The van der Waals surface area contributed by atoms with E-state index in [2.05, 4.69) is 19.4 Å². The van der Waals surface area contributed by atoms with Crippen LogP contribution in [0.25, 0.3) is 6.08 Å². The van der Waals surface area contributed by atoms with Crippen molar-refractivity contribution in [2.75, 3.05) is 27.7 Å². The van der Waals surface area contributed by atoms with E-state index in [9.17, 15) is 4.79 Å². The van der Waals surface area contributed by atoms with Crippen LogP contribution in [0.5, 0.6) is 5.75 Å². The molecule has 0 spiro atoms. The van der Waals surface area contributed by atoms with Gasteiger partial charge in [-0.05, 0) is 30.7 Å². The van der Waals surface area contributed by atoms with Crippen LogP contribution in [0.2, 0.25) is 0 Å². The van der Waals surface area contributed by atoms with Crippen molar-refractivity contribution in [2.24, 2.45) is 0 Å². The molecule has 2 N–H and O–H groups in total. The summed E-state index contributed by atoms with van der Waals surface area (Å²) in [7, 11) is 5.79. The number of nitrogens with one attached hydrogen (secondary N) is 2. The second kappa shape index (κ2) is 9.04. The predicted octanol–water partition coefficient (Wildman–Crippen LogP) is 2.02. The first-order valence-electron chi connectivity index (χ1n) is 8.47. The molecule has 2 aromatic carbocycles. The Labute approximate surface area is 150 Å². The SMILES string of the molecule is COc1ccc(C)cc1/C=C/C(=O)N[C@@H](C[NH+](C)C)c1ccccc1. The highest BCUT2D eigenvalue weighted by atomic mass is 16.5. The standard InChI is InChI=1S/C21H26N2O2/c1-16-10-12-20(25-4)18(14-16)11-13-21(24)22-19(15-23(2)3)17-8-6-5-7-9-17/h5-14,19H,15H2,1-4H3,(H,22,24)/p+1/b13-11+/t19-/m0/s1. The maximum absolute atomic E-state index is 12.4. The Balaban J connectivity index is 2.12. The molecule has 0 aliphatic carbocycles. The molecule has 0 saturated heterocycles. The first kappa shape index (κ1) is 18.7. The molecule has 2 rings (SSSR count). The van der Waals surface area contributed by atoms with Gasteiger partial charge in [0.2, 0.25) is 5.91 Å². The van der Waals surface area contributed by atoms with Crippen LogP contribution >= 0.6 is 0 Å². The van der Waals surface area contributed by atoms with Crippen molar-refractivity contribution in [3.8, 4) is 5.75 Å². The van der Waals surface area contributed by atoms with E-state index >= 15 is 0 Å². The van der Waals surface area contributed by atoms with Gasteiger partial charge in [-0.1, -0.05) is 42.0 Å². The Hall–Kier alpha value is -2.59. The molecule has 25 heavy (non-hydrogen) atoms. The van der Waals surface area contributed by atoms with Gasteiger partial charge in [-0.25, -0.2) is 0 Å². The molecule has 0 bridgehead atoms. The fourth-order valence-electron chi connectivity index (χ4n) is 2.72. The lowest BCUT2D eigenvalue weighted by Gasteiger charge is -2.20. The monoisotopic (exact) mass is 339 g/mol. The van der Waals surface area contributed by atoms with Gasteiger partial charge in [-0.3, -0.25) is 4.79 Å². The van der Waals surface area contributed by atoms with E-state index in [1.165, 1.54) is 4.90 Å². The molecule has 0 aromatic heterocycles. The first-order chi connectivity index (χ1) is 12.0. The number of ether oxygens (including phenoxy) is 1. The average Bonchev–Trinajstić information content (AvgIpc) is 2.60. The van der Waals surface area contributed by atoms with Crippen LogP contribution in [-0.2, 0) is 4.79 Å². The molecule has 0 unspecified atom stereocenters. The number of aryl methyl sites for hydroxylation is 1. The molecule has 0 fully saturated rings. The second-order valence-corrected chi connectivity index (χ2v) is 6.46. The lowest BCUT2D eigenvalue weighted by molar-refractivity contribution is -0.860. The van der Waals surface area contributed by atoms with Gasteiger partial charge in [0, 0.05) is 11.6 Å². The van der Waals surface area contributed by atoms with Crippen LogP contribution in [0.1, 0.15) is 22.7 Å². The summed E-state index contributed by atoms with van der Waals surface area (Å²) in [5, 5.41) is 3.10. The molecule has 0 aliphatic heterocycles. The zero-order valence-corrected chi connectivity index (χ0v) is 15.4. The number of benzene rings is 2. The molecule has 0 radical (unpaired) electrons. The third kappa shape index (κ3) is 5.76. The van der Waals surface area contributed by atoms with E-state index in [0.29, 0.717) is 0 Å². The quantitative estimate of drug-likeness (QED) is 0.758. The molecule has 1 amide bonds. The molecule has 0 heterocycles. The van der Waals surface area contributed by atoms with E-state index in [1.807, 2.05) is 55.5 Å². The van der Waals surface area contributed by atoms with Gasteiger partial charge in [-0.15, -0.1) is 0 Å². The minimum Gasteiger partial charge on any atom is -0.496 e. The molecule has 0 saturated carbocycles. The van der Waals surface area contributed by atoms with Crippen molar-refractivity contribution in [3.05, 3.63) is 71.3 Å². The van der Waals surface area contributed by atoms with Crippen molar-refractivity contribution in [1.82, 2.24) is 5.32 Å². The summed E-state index contributed by atoms with van der Waals surface area (Å²) >= 11 is 0. The molecule has 132 valence electrons. The highest BCUT2D eigenvalue weighted by molar-refractivity contribution is 5.92. The molecule has 1 atom stereocenters. The normalized spacial score (nSPS) is 12.4. The molecule has 4 heteroatoms. The Morgan fingerprint density at radius 1 is 1.20 bits per heavy atom. The summed E-state index contributed by atoms with van der Waals surface area (Å²) in [6, 6.07) is 15.9. The molecule has 2 aromatic rings. The van der Waals surface area contributed by atoms with Crippen molar-refractivity contribution in [3.63, 3.8) is 0 Å². The number of rotatable bonds is 7. The maximum atomic E-state index is 12.4. The van der Waals surface area contributed by atoms with Gasteiger partial charge in [0.25, 0.3) is 0 Å². The number of likely N-dealkylation sites (N-methyl/N-ethyl adjacent to an activating group) is 1. The smallest absolute Gasteiger partial charge is 0.244 e.